The largest absolute Gasteiger partial charge is 0.445 e. The molecule has 1 aliphatic heterocycles. The van der Waals surface area contributed by atoms with Crippen LogP contribution in [0.15, 0.2) is 28.7 Å². The fraction of sp³-hybridized carbons (Fsp3) is 0.462. The van der Waals surface area contributed by atoms with Crippen LogP contribution in [0.4, 0.5) is 4.79 Å². The predicted octanol–water partition coefficient (Wildman–Crippen LogP) is 2.43. The van der Waals surface area contributed by atoms with Crippen LogP contribution in [-0.2, 0) is 11.3 Å². The number of amides is 1. The van der Waals surface area contributed by atoms with Gasteiger partial charge in [-0.1, -0.05) is 34.1 Å². The first-order valence-corrected chi connectivity index (χ1v) is 6.92. The van der Waals surface area contributed by atoms with Crippen LogP contribution >= 0.6 is 15.9 Å². The monoisotopic (exact) mass is 312 g/mol. The van der Waals surface area contributed by atoms with Crippen molar-refractivity contribution in [3.63, 3.8) is 0 Å². The van der Waals surface area contributed by atoms with E-state index in [9.17, 15) is 4.79 Å². The van der Waals surface area contributed by atoms with Gasteiger partial charge in [0.25, 0.3) is 0 Å². The molecule has 0 aliphatic carbocycles. The second-order valence-corrected chi connectivity index (χ2v) is 5.19. The van der Waals surface area contributed by atoms with Crippen molar-refractivity contribution >= 4 is 22.0 Å². The van der Waals surface area contributed by atoms with Gasteiger partial charge in [-0.3, -0.25) is 0 Å². The van der Waals surface area contributed by atoms with Gasteiger partial charge in [-0.25, -0.2) is 4.79 Å². The summed E-state index contributed by atoms with van der Waals surface area (Å²) in [5.41, 5.74) is 0.970. The van der Waals surface area contributed by atoms with Crippen LogP contribution in [0.25, 0.3) is 0 Å². The minimum Gasteiger partial charge on any atom is -0.445 e. The normalized spacial score (nSPS) is 16.3. The topological polar surface area (TPSA) is 50.4 Å². The minimum absolute atomic E-state index is 0.234. The SMILES string of the molecule is O=C(NC1CCNCC1)OCc1ccccc1Br. The number of carbonyl (C=O) groups is 1. The fourth-order valence-electron chi connectivity index (χ4n) is 1.93. The Kier molecular flexibility index (Phi) is 5.01. The van der Waals surface area contributed by atoms with Crippen molar-refractivity contribution in [3.05, 3.63) is 34.3 Å². The summed E-state index contributed by atoms with van der Waals surface area (Å²) in [6.45, 7) is 2.20. The van der Waals surface area contributed by atoms with Crippen LogP contribution in [0.1, 0.15) is 18.4 Å². The molecule has 0 saturated carbocycles. The lowest BCUT2D eigenvalue weighted by molar-refractivity contribution is 0.133. The van der Waals surface area contributed by atoms with E-state index >= 15 is 0 Å². The van der Waals surface area contributed by atoms with E-state index in [1.54, 1.807) is 0 Å². The van der Waals surface area contributed by atoms with Gasteiger partial charge in [-0.15, -0.1) is 0 Å². The minimum atomic E-state index is -0.336. The molecule has 0 spiro atoms. The van der Waals surface area contributed by atoms with Crippen LogP contribution in [0.3, 0.4) is 0 Å². The Morgan fingerprint density at radius 2 is 2.11 bits per heavy atom. The number of nitrogens with one attached hydrogen (secondary N) is 2. The smallest absolute Gasteiger partial charge is 0.407 e. The number of piperidine rings is 1. The third-order valence-electron chi connectivity index (χ3n) is 2.98. The molecule has 0 radical (unpaired) electrons. The Labute approximate surface area is 115 Å². The lowest BCUT2D eigenvalue weighted by Crippen LogP contribution is -2.42. The van der Waals surface area contributed by atoms with Crippen molar-refractivity contribution in [1.82, 2.24) is 10.6 Å². The number of alkyl carbamates (subject to hydrolysis) is 1. The number of hydrogen-bond donors (Lipinski definition) is 2. The van der Waals surface area contributed by atoms with Gasteiger partial charge in [0.15, 0.2) is 0 Å². The van der Waals surface area contributed by atoms with Gasteiger partial charge in [0.05, 0.1) is 0 Å². The van der Waals surface area contributed by atoms with Crippen molar-refractivity contribution in [3.8, 4) is 0 Å². The first-order chi connectivity index (χ1) is 8.75. The molecule has 5 heteroatoms. The molecule has 4 nitrogen and oxygen atoms in total. The van der Waals surface area contributed by atoms with Gasteiger partial charge in [0.1, 0.15) is 6.61 Å². The van der Waals surface area contributed by atoms with Crippen molar-refractivity contribution in [2.24, 2.45) is 0 Å². The zero-order valence-corrected chi connectivity index (χ0v) is 11.7. The molecule has 2 rings (SSSR count). The number of halogens is 1. The second-order valence-electron chi connectivity index (χ2n) is 4.34. The molecule has 1 saturated heterocycles. The van der Waals surface area contributed by atoms with E-state index in [1.165, 1.54) is 0 Å². The number of benzene rings is 1. The van der Waals surface area contributed by atoms with Crippen LogP contribution in [0.5, 0.6) is 0 Å². The van der Waals surface area contributed by atoms with Crippen molar-refractivity contribution in [2.45, 2.75) is 25.5 Å². The molecule has 1 amide bonds. The molecule has 1 aliphatic rings. The van der Waals surface area contributed by atoms with Gasteiger partial charge in [0.2, 0.25) is 0 Å². The Bertz CT molecular complexity index is 406. The van der Waals surface area contributed by atoms with E-state index in [4.69, 9.17) is 4.74 Å². The standard InChI is InChI=1S/C13H17BrN2O2/c14-12-4-2-1-3-10(12)9-18-13(17)16-11-5-7-15-8-6-11/h1-4,11,15H,5-9H2,(H,16,17). The first-order valence-electron chi connectivity index (χ1n) is 6.13. The van der Waals surface area contributed by atoms with Crippen LogP contribution in [0.2, 0.25) is 0 Å². The number of rotatable bonds is 3. The fourth-order valence-corrected chi connectivity index (χ4v) is 2.33. The summed E-state index contributed by atoms with van der Waals surface area (Å²) in [4.78, 5) is 11.6. The van der Waals surface area contributed by atoms with Crippen LogP contribution in [0, 0.1) is 0 Å². The lowest BCUT2D eigenvalue weighted by atomic mass is 10.1. The summed E-state index contributed by atoms with van der Waals surface area (Å²) in [6, 6.07) is 7.96. The summed E-state index contributed by atoms with van der Waals surface area (Å²) in [5, 5.41) is 6.15. The van der Waals surface area contributed by atoms with Crippen molar-refractivity contribution < 1.29 is 9.53 Å². The molecule has 2 N–H and O–H groups in total. The summed E-state index contributed by atoms with van der Waals surface area (Å²) >= 11 is 3.42. The first kappa shape index (κ1) is 13.4. The molecule has 98 valence electrons. The van der Waals surface area contributed by atoms with E-state index in [0.29, 0.717) is 0 Å². The zero-order chi connectivity index (χ0) is 12.8. The van der Waals surface area contributed by atoms with E-state index in [2.05, 4.69) is 26.6 Å². The molecular formula is C13H17BrN2O2. The van der Waals surface area contributed by atoms with Gasteiger partial charge in [-0.05, 0) is 32.0 Å². The Balaban J connectivity index is 1.76. The molecule has 0 unspecified atom stereocenters. The summed E-state index contributed by atoms with van der Waals surface area (Å²) in [7, 11) is 0. The highest BCUT2D eigenvalue weighted by molar-refractivity contribution is 9.10. The Morgan fingerprint density at radius 1 is 1.39 bits per heavy atom. The number of hydrogen-bond acceptors (Lipinski definition) is 3. The van der Waals surface area contributed by atoms with Gasteiger partial charge in [0, 0.05) is 16.1 Å². The maximum absolute atomic E-state index is 11.6. The molecule has 0 atom stereocenters. The average Bonchev–Trinajstić information content (AvgIpc) is 2.39. The lowest BCUT2D eigenvalue weighted by Gasteiger charge is -2.23. The Morgan fingerprint density at radius 3 is 2.83 bits per heavy atom. The summed E-state index contributed by atoms with van der Waals surface area (Å²) < 4.78 is 6.17. The highest BCUT2D eigenvalue weighted by atomic mass is 79.9. The van der Waals surface area contributed by atoms with E-state index in [1.807, 2.05) is 24.3 Å². The third-order valence-corrected chi connectivity index (χ3v) is 3.75. The molecule has 1 aromatic carbocycles. The molecule has 1 fully saturated rings. The second kappa shape index (κ2) is 6.75. The summed E-state index contributed by atoms with van der Waals surface area (Å²) in [6.07, 6.45) is 1.59. The molecule has 0 aromatic heterocycles. The number of carbonyl (C=O) groups excluding carboxylic acids is 1. The molecule has 18 heavy (non-hydrogen) atoms. The third kappa shape index (κ3) is 3.99. The summed E-state index contributed by atoms with van der Waals surface area (Å²) in [5.74, 6) is 0. The quantitative estimate of drug-likeness (QED) is 0.901. The molecular weight excluding hydrogens is 296 g/mol. The maximum Gasteiger partial charge on any atom is 0.407 e. The average molecular weight is 313 g/mol. The maximum atomic E-state index is 11.6. The van der Waals surface area contributed by atoms with Crippen LogP contribution in [-0.4, -0.2) is 25.2 Å². The van der Waals surface area contributed by atoms with Crippen molar-refractivity contribution in [2.75, 3.05) is 13.1 Å². The van der Waals surface area contributed by atoms with E-state index in [-0.39, 0.29) is 18.7 Å². The molecule has 1 heterocycles. The highest BCUT2D eigenvalue weighted by Crippen LogP contribution is 2.16. The van der Waals surface area contributed by atoms with Crippen molar-refractivity contribution in [1.29, 1.82) is 0 Å². The van der Waals surface area contributed by atoms with Crippen LogP contribution < -0.4 is 10.6 Å². The van der Waals surface area contributed by atoms with E-state index in [0.717, 1.165) is 36.0 Å². The molecule has 0 bridgehead atoms. The number of ether oxygens (including phenoxy) is 1. The van der Waals surface area contributed by atoms with Gasteiger partial charge in [-0.2, -0.15) is 0 Å². The van der Waals surface area contributed by atoms with Gasteiger partial charge >= 0.3 is 6.09 Å². The highest BCUT2D eigenvalue weighted by Gasteiger charge is 2.16. The van der Waals surface area contributed by atoms with Gasteiger partial charge < -0.3 is 15.4 Å². The predicted molar refractivity (Wildman–Crippen MR) is 73.4 cm³/mol. The molecule has 1 aromatic rings. The van der Waals surface area contributed by atoms with E-state index < -0.39 is 0 Å². The Hall–Kier alpha value is -1.07. The zero-order valence-electron chi connectivity index (χ0n) is 10.1.